The van der Waals surface area contributed by atoms with Crippen molar-refractivity contribution in [2.75, 3.05) is 5.32 Å². The zero-order chi connectivity index (χ0) is 33.0. The van der Waals surface area contributed by atoms with Gasteiger partial charge in [0.2, 0.25) is 11.4 Å². The van der Waals surface area contributed by atoms with Gasteiger partial charge < -0.3 is 5.32 Å². The maximum atomic E-state index is 11.8. The molecule has 226 valence electrons. The zero-order valence-electron chi connectivity index (χ0n) is 22.0. The second-order valence-corrected chi connectivity index (χ2v) is 8.65. The van der Waals surface area contributed by atoms with E-state index in [-0.39, 0.29) is 17.1 Å². The van der Waals surface area contributed by atoms with Crippen molar-refractivity contribution in [2.24, 2.45) is 5.11 Å². The quantitative estimate of drug-likeness (QED) is 0.0811. The van der Waals surface area contributed by atoms with Gasteiger partial charge in [0.25, 0.3) is 17.1 Å². The van der Waals surface area contributed by atoms with Crippen molar-refractivity contribution < 1.29 is 29.5 Å². The fraction of sp³-hybridized carbons (Fsp3) is 0. The fourth-order valence-corrected chi connectivity index (χ4v) is 3.96. The minimum Gasteiger partial charge on any atom is -0.344 e. The van der Waals surface area contributed by atoms with E-state index in [1.54, 1.807) is 18.2 Å². The highest BCUT2D eigenvalue weighted by atomic mass is 16.6. The van der Waals surface area contributed by atoms with Crippen LogP contribution in [0.5, 0.6) is 0 Å². The monoisotopic (exact) mass is 620 g/mol. The molecular weight excluding hydrogens is 606 g/mol. The third-order valence-corrected chi connectivity index (χ3v) is 5.93. The molecule has 45 heavy (non-hydrogen) atoms. The van der Waals surface area contributed by atoms with Crippen LogP contribution < -0.4 is 10.0 Å². The molecule has 4 aromatic carbocycles. The van der Waals surface area contributed by atoms with Crippen LogP contribution in [-0.4, -0.2) is 29.5 Å². The van der Waals surface area contributed by atoms with E-state index in [0.717, 1.165) is 4.70 Å². The van der Waals surface area contributed by atoms with E-state index in [9.17, 15) is 60.7 Å². The van der Waals surface area contributed by atoms with E-state index in [0.29, 0.717) is 24.3 Å². The highest BCUT2D eigenvalue weighted by molar-refractivity contribution is 5.81. The Morgan fingerprint density at radius 1 is 0.467 bits per heavy atom. The van der Waals surface area contributed by atoms with Crippen LogP contribution in [0.25, 0.3) is 0 Å². The van der Waals surface area contributed by atoms with Crippen molar-refractivity contribution in [3.8, 4) is 0 Å². The van der Waals surface area contributed by atoms with Crippen molar-refractivity contribution in [2.45, 2.75) is 0 Å². The topological polar surface area (TPSA) is 286 Å². The van der Waals surface area contributed by atoms with Gasteiger partial charge in [0, 0.05) is 35.1 Å². The van der Waals surface area contributed by atoms with Crippen LogP contribution in [0.2, 0.25) is 0 Å². The molecule has 0 aliphatic rings. The lowest BCUT2D eigenvalue weighted by Gasteiger charge is -2.08. The summed E-state index contributed by atoms with van der Waals surface area (Å²) in [5.41, 5.74) is -6.93. The molecule has 0 aliphatic carbocycles. The SMILES string of the molecule is O=[N+]([O-])c1cc([N+](=O)[O-])c(N=[N+](c2ccccc2)c2ccc(Nc3c([N+](=O)[O-])cc([N+](=O)[O-])cc3[N+](=O)[O-])cc2)c([N+](=O)[O-])c1. The molecule has 21 nitrogen and oxygen atoms in total. The Balaban J connectivity index is 1.88. The van der Waals surface area contributed by atoms with Gasteiger partial charge in [0.05, 0.1) is 53.8 Å². The van der Waals surface area contributed by atoms with Crippen LogP contribution in [0.1, 0.15) is 0 Å². The Morgan fingerprint density at radius 2 is 0.867 bits per heavy atom. The maximum absolute atomic E-state index is 11.8. The van der Waals surface area contributed by atoms with Crippen molar-refractivity contribution in [1.82, 2.24) is 4.70 Å². The lowest BCUT2D eigenvalue weighted by molar-refractivity contribution is -0.402. The first kappa shape index (κ1) is 30.6. The Morgan fingerprint density at radius 3 is 1.27 bits per heavy atom. The molecule has 4 rings (SSSR count). The summed E-state index contributed by atoms with van der Waals surface area (Å²) in [6.07, 6.45) is 0. The van der Waals surface area contributed by atoms with Gasteiger partial charge in [-0.05, 0) is 16.8 Å². The number of benzene rings is 4. The van der Waals surface area contributed by atoms with Crippen molar-refractivity contribution in [3.05, 3.63) is 140 Å². The zero-order valence-corrected chi connectivity index (χ0v) is 22.0. The Hall–Kier alpha value is -7.32. The number of para-hydroxylation sites is 1. The van der Waals surface area contributed by atoms with Gasteiger partial charge in [-0.15, -0.1) is 0 Å². The third-order valence-electron chi connectivity index (χ3n) is 5.93. The number of non-ortho nitro benzene ring substituents is 2. The van der Waals surface area contributed by atoms with Gasteiger partial charge in [-0.2, -0.15) is 0 Å². The number of nitrogens with one attached hydrogen (secondary N) is 1. The summed E-state index contributed by atoms with van der Waals surface area (Å²) in [4.78, 5) is 62.9. The predicted molar refractivity (Wildman–Crippen MR) is 153 cm³/mol. The summed E-state index contributed by atoms with van der Waals surface area (Å²) in [6, 6.07) is 14.9. The largest absolute Gasteiger partial charge is 0.344 e. The number of azo groups is 2. The first-order valence-electron chi connectivity index (χ1n) is 11.9. The molecule has 0 saturated carbocycles. The third kappa shape index (κ3) is 6.45. The number of nitro groups is 6. The summed E-state index contributed by atoms with van der Waals surface area (Å²) >= 11 is 0. The first-order chi connectivity index (χ1) is 21.3. The highest BCUT2D eigenvalue weighted by Gasteiger charge is 2.35. The molecule has 0 fully saturated rings. The lowest BCUT2D eigenvalue weighted by Crippen LogP contribution is -2.05. The lowest BCUT2D eigenvalue weighted by atomic mass is 10.2. The van der Waals surface area contributed by atoms with Crippen molar-refractivity contribution >= 4 is 62.6 Å². The second kappa shape index (κ2) is 12.3. The van der Waals surface area contributed by atoms with Gasteiger partial charge in [0.1, 0.15) is 0 Å². The number of rotatable bonds is 11. The fourth-order valence-electron chi connectivity index (χ4n) is 3.96. The predicted octanol–water partition coefficient (Wildman–Crippen LogP) is 6.50. The number of anilines is 2. The average Bonchev–Trinajstić information content (AvgIpc) is 2.99. The van der Waals surface area contributed by atoms with E-state index >= 15 is 0 Å². The van der Waals surface area contributed by atoms with E-state index < -0.39 is 75.0 Å². The van der Waals surface area contributed by atoms with E-state index in [2.05, 4.69) is 10.4 Å². The second-order valence-electron chi connectivity index (χ2n) is 8.65. The number of nitrogens with zero attached hydrogens (tertiary/aromatic N) is 8. The molecule has 4 aromatic rings. The smallest absolute Gasteiger partial charge is 0.315 e. The van der Waals surface area contributed by atoms with Gasteiger partial charge >= 0.3 is 22.7 Å². The number of hydrogen-bond acceptors (Lipinski definition) is 14. The van der Waals surface area contributed by atoms with Crippen LogP contribution in [-0.2, 0) is 0 Å². The minimum atomic E-state index is -1.07. The summed E-state index contributed by atoms with van der Waals surface area (Å²) in [6.45, 7) is 0. The summed E-state index contributed by atoms with van der Waals surface area (Å²) in [7, 11) is 0. The molecular formula is C24H14N9O12+. The van der Waals surface area contributed by atoms with E-state index in [1.165, 1.54) is 36.4 Å². The van der Waals surface area contributed by atoms with Crippen LogP contribution in [0.3, 0.4) is 0 Å². The molecule has 0 aromatic heterocycles. The van der Waals surface area contributed by atoms with Gasteiger partial charge in [-0.1, -0.05) is 18.2 Å². The highest BCUT2D eigenvalue weighted by Crippen LogP contribution is 2.43. The molecule has 0 saturated heterocycles. The van der Waals surface area contributed by atoms with Crippen molar-refractivity contribution in [3.63, 3.8) is 0 Å². The maximum Gasteiger partial charge on any atom is 0.315 e. The first-order valence-corrected chi connectivity index (χ1v) is 11.9. The van der Waals surface area contributed by atoms with Crippen LogP contribution in [0, 0.1) is 60.7 Å². The Bertz CT molecular complexity index is 1880. The van der Waals surface area contributed by atoms with Gasteiger partial charge in [0.15, 0.2) is 5.69 Å². The van der Waals surface area contributed by atoms with Crippen LogP contribution in [0.15, 0.2) is 84.0 Å². The Labute approximate surface area is 247 Å². The molecule has 0 bridgehead atoms. The molecule has 0 radical (unpaired) electrons. The Kier molecular flexibility index (Phi) is 8.36. The normalized spacial score (nSPS) is 11.0. The molecule has 0 amide bonds. The van der Waals surface area contributed by atoms with Crippen LogP contribution in [0.4, 0.5) is 62.6 Å². The number of hydrogen-bond donors (Lipinski definition) is 1. The standard InChI is InChI=1S/C24H14N9O12/c34-28(35)17-10-19(30(38)39)23(20(11-17)31(40)41)25-14-6-8-16(9-7-14)27(15-4-2-1-3-5-15)26-24-21(32(42)43)12-18(29(36)37)13-22(24)33(44)45/h1-13,25H/q+1. The summed E-state index contributed by atoms with van der Waals surface area (Å²) < 4.78 is 1.04. The molecule has 0 unspecified atom stereocenters. The average molecular weight is 620 g/mol. The molecule has 0 atom stereocenters. The summed E-state index contributed by atoms with van der Waals surface area (Å²) in [5, 5.41) is 75.8. The van der Waals surface area contributed by atoms with E-state index in [4.69, 9.17) is 0 Å². The van der Waals surface area contributed by atoms with Gasteiger partial charge in [-0.3, -0.25) is 60.7 Å². The van der Waals surface area contributed by atoms with Gasteiger partial charge in [-0.25, -0.2) is 0 Å². The summed E-state index contributed by atoms with van der Waals surface area (Å²) in [5.74, 6) is 0. The molecule has 1 N–H and O–H groups in total. The molecule has 0 spiro atoms. The van der Waals surface area contributed by atoms with Crippen LogP contribution >= 0.6 is 0 Å². The molecule has 0 aliphatic heterocycles. The number of nitro benzene ring substituents is 6. The minimum absolute atomic E-state index is 0.0131. The van der Waals surface area contributed by atoms with E-state index in [1.807, 2.05) is 0 Å². The molecule has 21 heteroatoms. The molecule has 0 heterocycles. The van der Waals surface area contributed by atoms with Crippen molar-refractivity contribution in [1.29, 1.82) is 0 Å².